The molecule has 0 saturated carbocycles. The van der Waals surface area contributed by atoms with Crippen molar-refractivity contribution in [3.8, 4) is 0 Å². The fourth-order valence-corrected chi connectivity index (χ4v) is 4.56. The van der Waals surface area contributed by atoms with Crippen LogP contribution in [0.2, 0.25) is 0 Å². The van der Waals surface area contributed by atoms with E-state index in [1.54, 1.807) is 0 Å². The monoisotopic (exact) mass is 287 g/mol. The molecule has 3 aromatic carbocycles. The number of hydrogen-bond acceptors (Lipinski definition) is 1. The van der Waals surface area contributed by atoms with Crippen LogP contribution in [0, 0.1) is 6.92 Å². The first kappa shape index (κ1) is 11.4. The molecule has 5 rings (SSSR count). The molecule has 0 radical (unpaired) electrons. The maximum Gasteiger partial charge on any atom is 0.0646 e. The van der Waals surface area contributed by atoms with Gasteiger partial charge in [-0.3, -0.25) is 0 Å². The second kappa shape index (κ2) is 3.86. The van der Waals surface area contributed by atoms with Crippen molar-refractivity contribution in [2.45, 2.75) is 6.92 Å². The molecule has 5 aromatic rings. The Hall–Kier alpha value is -2.32. The molecule has 0 atom stereocenters. The van der Waals surface area contributed by atoms with Crippen LogP contribution < -0.4 is 0 Å². The Bertz CT molecular complexity index is 1140. The third-order valence-corrected chi connectivity index (χ3v) is 5.46. The zero-order valence-corrected chi connectivity index (χ0v) is 12.4. The summed E-state index contributed by atoms with van der Waals surface area (Å²) in [6.07, 6.45) is 0. The van der Waals surface area contributed by atoms with Crippen molar-refractivity contribution in [2.75, 3.05) is 0 Å². The van der Waals surface area contributed by atoms with Gasteiger partial charge in [0.25, 0.3) is 0 Å². The van der Waals surface area contributed by atoms with Gasteiger partial charge in [0, 0.05) is 31.8 Å². The van der Waals surface area contributed by atoms with E-state index in [4.69, 9.17) is 0 Å². The number of benzene rings is 3. The number of hydrogen-bond donors (Lipinski definition) is 1. The summed E-state index contributed by atoms with van der Waals surface area (Å²) in [5.74, 6) is 0. The Kier molecular flexibility index (Phi) is 2.09. The van der Waals surface area contributed by atoms with Gasteiger partial charge < -0.3 is 4.98 Å². The molecule has 1 nitrogen and oxygen atoms in total. The SMILES string of the molecule is Cc1ccc2c(c1)sc1c2ccc2c3ccccc3[nH]c21. The highest BCUT2D eigenvalue weighted by molar-refractivity contribution is 7.26. The molecule has 1 N–H and O–H groups in total. The smallest absolute Gasteiger partial charge is 0.0646 e. The maximum atomic E-state index is 3.61. The second-order valence-corrected chi connectivity index (χ2v) is 6.69. The van der Waals surface area contributed by atoms with Crippen molar-refractivity contribution in [1.29, 1.82) is 0 Å². The number of fused-ring (bicyclic) bond motifs is 7. The molecule has 0 fully saturated rings. The molecule has 21 heavy (non-hydrogen) atoms. The Morgan fingerprint density at radius 2 is 1.62 bits per heavy atom. The zero-order valence-electron chi connectivity index (χ0n) is 11.6. The van der Waals surface area contributed by atoms with E-state index in [9.17, 15) is 0 Å². The minimum Gasteiger partial charge on any atom is -0.353 e. The van der Waals surface area contributed by atoms with Crippen LogP contribution in [0.5, 0.6) is 0 Å². The lowest BCUT2D eigenvalue weighted by molar-refractivity contribution is 1.52. The second-order valence-electron chi connectivity index (χ2n) is 5.64. The summed E-state index contributed by atoms with van der Waals surface area (Å²) in [5, 5.41) is 5.35. The minimum absolute atomic E-state index is 1.22. The van der Waals surface area contributed by atoms with E-state index in [1.165, 1.54) is 47.5 Å². The average Bonchev–Trinajstić information content (AvgIpc) is 3.04. The number of para-hydroxylation sites is 1. The molecule has 0 aliphatic carbocycles. The maximum absolute atomic E-state index is 3.61. The molecule has 100 valence electrons. The van der Waals surface area contributed by atoms with Gasteiger partial charge in [-0.2, -0.15) is 0 Å². The van der Waals surface area contributed by atoms with Gasteiger partial charge in [0.15, 0.2) is 0 Å². The van der Waals surface area contributed by atoms with Crippen molar-refractivity contribution in [3.63, 3.8) is 0 Å². The standard InChI is InChI=1S/C19H13NS/c1-11-6-7-13-15-9-8-14-12-4-2-3-5-16(12)20-18(14)19(15)21-17(13)10-11/h2-10,20H,1H3. The third-order valence-electron chi connectivity index (χ3n) is 4.27. The van der Waals surface area contributed by atoms with Gasteiger partial charge in [-0.25, -0.2) is 0 Å². The highest BCUT2D eigenvalue weighted by atomic mass is 32.1. The largest absolute Gasteiger partial charge is 0.353 e. The first-order valence-corrected chi connectivity index (χ1v) is 7.95. The minimum atomic E-state index is 1.22. The predicted octanol–water partition coefficient (Wildman–Crippen LogP) is 6.00. The van der Waals surface area contributed by atoms with Crippen LogP contribution in [0.3, 0.4) is 0 Å². The highest BCUT2D eigenvalue weighted by Gasteiger charge is 2.11. The van der Waals surface area contributed by atoms with Crippen molar-refractivity contribution < 1.29 is 0 Å². The Morgan fingerprint density at radius 1 is 0.810 bits per heavy atom. The van der Waals surface area contributed by atoms with Gasteiger partial charge >= 0.3 is 0 Å². The van der Waals surface area contributed by atoms with E-state index in [1.807, 2.05) is 11.3 Å². The summed E-state index contributed by atoms with van der Waals surface area (Å²) in [6, 6.07) is 19.8. The van der Waals surface area contributed by atoms with Gasteiger partial charge in [-0.1, -0.05) is 42.5 Å². The molecule has 2 aromatic heterocycles. The summed E-state index contributed by atoms with van der Waals surface area (Å²) < 4.78 is 2.74. The predicted molar refractivity (Wildman–Crippen MR) is 93.4 cm³/mol. The number of aromatic amines is 1. The zero-order chi connectivity index (χ0) is 14.0. The molecule has 0 spiro atoms. The molecular weight excluding hydrogens is 274 g/mol. The molecule has 0 aliphatic heterocycles. The van der Waals surface area contributed by atoms with Gasteiger partial charge in [0.1, 0.15) is 0 Å². The number of thiophene rings is 1. The van der Waals surface area contributed by atoms with Gasteiger partial charge in [0.2, 0.25) is 0 Å². The average molecular weight is 287 g/mol. The van der Waals surface area contributed by atoms with E-state index in [2.05, 4.69) is 66.5 Å². The molecule has 0 saturated heterocycles. The molecule has 2 heterocycles. The van der Waals surface area contributed by atoms with Crippen molar-refractivity contribution in [3.05, 3.63) is 60.2 Å². The third kappa shape index (κ3) is 1.45. The topological polar surface area (TPSA) is 15.8 Å². The highest BCUT2D eigenvalue weighted by Crippen LogP contribution is 2.40. The van der Waals surface area contributed by atoms with Crippen LogP contribution in [-0.4, -0.2) is 4.98 Å². The number of rotatable bonds is 0. The Labute approximate surface area is 125 Å². The van der Waals surface area contributed by atoms with E-state index < -0.39 is 0 Å². The van der Waals surface area contributed by atoms with Crippen LogP contribution in [0.4, 0.5) is 0 Å². The summed E-state index contributed by atoms with van der Waals surface area (Å²) in [4.78, 5) is 3.61. The summed E-state index contributed by atoms with van der Waals surface area (Å²) >= 11 is 1.89. The molecule has 2 heteroatoms. The van der Waals surface area contributed by atoms with Crippen LogP contribution in [0.25, 0.3) is 42.0 Å². The summed E-state index contributed by atoms with van der Waals surface area (Å²) in [6.45, 7) is 2.16. The van der Waals surface area contributed by atoms with E-state index >= 15 is 0 Å². The first-order valence-electron chi connectivity index (χ1n) is 7.13. The molecule has 0 bridgehead atoms. The fourth-order valence-electron chi connectivity index (χ4n) is 3.26. The summed E-state index contributed by atoms with van der Waals surface area (Å²) in [5.41, 5.74) is 3.81. The lowest BCUT2D eigenvalue weighted by atomic mass is 10.1. The van der Waals surface area contributed by atoms with Gasteiger partial charge in [-0.05, 0) is 24.6 Å². The quantitative estimate of drug-likeness (QED) is 0.359. The van der Waals surface area contributed by atoms with Gasteiger partial charge in [-0.15, -0.1) is 11.3 Å². The van der Waals surface area contributed by atoms with Crippen molar-refractivity contribution >= 4 is 53.3 Å². The number of aromatic nitrogens is 1. The van der Waals surface area contributed by atoms with Crippen LogP contribution in [0.15, 0.2) is 54.6 Å². The Balaban J connectivity index is 2.06. The van der Waals surface area contributed by atoms with Crippen molar-refractivity contribution in [2.24, 2.45) is 0 Å². The summed E-state index contributed by atoms with van der Waals surface area (Å²) in [7, 11) is 0. The Morgan fingerprint density at radius 3 is 2.57 bits per heavy atom. The number of H-pyrrole nitrogens is 1. The van der Waals surface area contributed by atoms with Crippen LogP contribution in [-0.2, 0) is 0 Å². The molecule has 0 amide bonds. The molecule has 0 aliphatic rings. The van der Waals surface area contributed by atoms with Gasteiger partial charge in [0.05, 0.1) is 10.2 Å². The first-order chi connectivity index (χ1) is 10.3. The fraction of sp³-hybridized carbons (Fsp3) is 0.0526. The van der Waals surface area contributed by atoms with Crippen LogP contribution >= 0.6 is 11.3 Å². The molecule has 0 unspecified atom stereocenters. The van der Waals surface area contributed by atoms with E-state index in [0.717, 1.165) is 0 Å². The number of aryl methyl sites for hydroxylation is 1. The van der Waals surface area contributed by atoms with Crippen LogP contribution in [0.1, 0.15) is 5.56 Å². The lowest BCUT2D eigenvalue weighted by Gasteiger charge is -1.94. The van der Waals surface area contributed by atoms with E-state index in [0.29, 0.717) is 0 Å². The lowest BCUT2D eigenvalue weighted by Crippen LogP contribution is -1.71. The van der Waals surface area contributed by atoms with E-state index in [-0.39, 0.29) is 0 Å². The van der Waals surface area contributed by atoms with Crippen molar-refractivity contribution in [1.82, 2.24) is 4.98 Å². The normalized spacial score (nSPS) is 12.0. The number of nitrogens with one attached hydrogen (secondary N) is 1. The molecular formula is C19H13NS.